The quantitative estimate of drug-likeness (QED) is 0.792. The summed E-state index contributed by atoms with van der Waals surface area (Å²) in [5.41, 5.74) is 7.85. The van der Waals surface area contributed by atoms with Crippen molar-refractivity contribution in [3.63, 3.8) is 0 Å². The van der Waals surface area contributed by atoms with Crippen LogP contribution in [0, 0.1) is 0 Å². The average molecular weight is 239 g/mol. The zero-order valence-electron chi connectivity index (χ0n) is 11.5. The summed E-state index contributed by atoms with van der Waals surface area (Å²) in [6.45, 7) is 7.50. The van der Waals surface area contributed by atoms with Gasteiger partial charge in [-0.25, -0.2) is 0 Å². The van der Waals surface area contributed by atoms with Crippen LogP contribution >= 0.6 is 0 Å². The Bertz CT molecular complexity index is 334. The molecule has 98 valence electrons. The number of nitrogens with two attached hydrogens (primary N) is 1. The van der Waals surface area contributed by atoms with Crippen LogP contribution in [0.4, 0.5) is 0 Å². The first-order valence-corrected chi connectivity index (χ1v) is 6.46. The fourth-order valence-electron chi connectivity index (χ4n) is 1.91. The minimum absolute atomic E-state index is 0.184. The normalized spacial score (nSPS) is 12.1. The Morgan fingerprint density at radius 2 is 2.00 bits per heavy atom. The summed E-state index contributed by atoms with van der Waals surface area (Å²) in [4.78, 5) is 0. The second-order valence-electron chi connectivity index (χ2n) is 4.49. The highest BCUT2D eigenvalue weighted by molar-refractivity contribution is 5.09. The van der Waals surface area contributed by atoms with E-state index in [1.54, 1.807) is 0 Å². The molecule has 0 unspecified atom stereocenters. The Kier molecular flexibility index (Phi) is 5.15. The molecule has 0 amide bonds. The minimum atomic E-state index is -0.184. The van der Waals surface area contributed by atoms with Crippen molar-refractivity contribution in [3.05, 3.63) is 17.5 Å². The van der Waals surface area contributed by atoms with Crippen LogP contribution < -0.4 is 5.73 Å². The zero-order valence-corrected chi connectivity index (χ0v) is 11.5. The smallest absolute Gasteiger partial charge is 0.0892 e. The fourth-order valence-corrected chi connectivity index (χ4v) is 1.91. The molecule has 4 heteroatoms. The third-order valence-electron chi connectivity index (χ3n) is 3.58. The van der Waals surface area contributed by atoms with Gasteiger partial charge in [0.05, 0.1) is 23.6 Å². The number of ether oxygens (including phenoxy) is 1. The molecule has 17 heavy (non-hydrogen) atoms. The fraction of sp³-hybridized carbons (Fsp3) is 0.769. The molecule has 1 heterocycles. The van der Waals surface area contributed by atoms with Gasteiger partial charge in [-0.2, -0.15) is 5.10 Å². The number of hydrogen-bond donors (Lipinski definition) is 1. The van der Waals surface area contributed by atoms with Gasteiger partial charge < -0.3 is 10.5 Å². The van der Waals surface area contributed by atoms with Crippen molar-refractivity contribution < 1.29 is 4.74 Å². The number of rotatable bonds is 7. The second-order valence-corrected chi connectivity index (χ2v) is 4.49. The van der Waals surface area contributed by atoms with E-state index in [0.717, 1.165) is 30.7 Å². The van der Waals surface area contributed by atoms with E-state index in [-0.39, 0.29) is 5.60 Å². The Morgan fingerprint density at radius 1 is 1.35 bits per heavy atom. The second kappa shape index (κ2) is 6.17. The lowest BCUT2D eigenvalue weighted by atomic mass is 9.97. The largest absolute Gasteiger partial charge is 0.367 e. The molecule has 0 spiro atoms. The van der Waals surface area contributed by atoms with Gasteiger partial charge in [-0.15, -0.1) is 0 Å². The molecular formula is C13H25N3O. The van der Waals surface area contributed by atoms with E-state index in [1.165, 1.54) is 0 Å². The van der Waals surface area contributed by atoms with Crippen LogP contribution in [0.5, 0.6) is 0 Å². The maximum Gasteiger partial charge on any atom is 0.0892 e. The third-order valence-corrected chi connectivity index (χ3v) is 3.58. The number of hydrogen-bond acceptors (Lipinski definition) is 3. The zero-order chi connectivity index (χ0) is 12.9. The summed E-state index contributed by atoms with van der Waals surface area (Å²) in [6, 6.07) is 2.10. The summed E-state index contributed by atoms with van der Waals surface area (Å²) in [5.74, 6) is 0. The topological polar surface area (TPSA) is 53.1 Å². The van der Waals surface area contributed by atoms with Crippen molar-refractivity contribution in [1.82, 2.24) is 9.78 Å². The summed E-state index contributed by atoms with van der Waals surface area (Å²) in [6.07, 6.45) is 2.84. The number of nitrogens with zero attached hydrogens (tertiary/aromatic N) is 2. The third kappa shape index (κ3) is 3.30. The van der Waals surface area contributed by atoms with Crippen LogP contribution in [0.15, 0.2) is 6.07 Å². The van der Waals surface area contributed by atoms with Crippen LogP contribution in [-0.4, -0.2) is 21.9 Å². The molecule has 0 aliphatic rings. The lowest BCUT2D eigenvalue weighted by Gasteiger charge is -2.30. The molecule has 0 atom stereocenters. The monoisotopic (exact) mass is 239 g/mol. The van der Waals surface area contributed by atoms with Crippen LogP contribution in [0.2, 0.25) is 0 Å². The molecule has 0 saturated carbocycles. The molecule has 0 fully saturated rings. The van der Waals surface area contributed by atoms with E-state index in [2.05, 4.69) is 31.9 Å². The SMILES string of the molecule is CCc1cc(COC(CC)(CC)CN)n(C)n1. The van der Waals surface area contributed by atoms with E-state index < -0.39 is 0 Å². The summed E-state index contributed by atoms with van der Waals surface area (Å²) >= 11 is 0. The minimum Gasteiger partial charge on any atom is -0.367 e. The molecular weight excluding hydrogens is 214 g/mol. The Labute approximate surface area is 104 Å². The molecule has 1 aromatic heterocycles. The van der Waals surface area contributed by atoms with Gasteiger partial charge in [0.25, 0.3) is 0 Å². The Hall–Kier alpha value is -0.870. The standard InChI is InChI=1S/C13H25N3O/c1-5-11-8-12(16(4)15-11)9-17-13(6-2,7-3)10-14/h8H,5-7,9-10,14H2,1-4H3. The molecule has 1 aromatic rings. The highest BCUT2D eigenvalue weighted by atomic mass is 16.5. The molecule has 0 saturated heterocycles. The van der Waals surface area contributed by atoms with Gasteiger partial charge in [-0.1, -0.05) is 20.8 Å². The van der Waals surface area contributed by atoms with E-state index in [1.807, 2.05) is 11.7 Å². The first-order valence-electron chi connectivity index (χ1n) is 6.46. The van der Waals surface area contributed by atoms with Gasteiger partial charge in [0.15, 0.2) is 0 Å². The van der Waals surface area contributed by atoms with Crippen LogP contribution in [0.1, 0.15) is 45.0 Å². The molecule has 0 aliphatic carbocycles. The first-order chi connectivity index (χ1) is 8.10. The van der Waals surface area contributed by atoms with Crippen molar-refractivity contribution in [1.29, 1.82) is 0 Å². The molecule has 1 rings (SSSR count). The van der Waals surface area contributed by atoms with Crippen LogP contribution in [-0.2, 0) is 24.8 Å². The molecule has 4 nitrogen and oxygen atoms in total. The lowest BCUT2D eigenvalue weighted by Crippen LogP contribution is -2.39. The maximum atomic E-state index is 6.02. The van der Waals surface area contributed by atoms with Crippen molar-refractivity contribution in [2.75, 3.05) is 6.54 Å². The number of aromatic nitrogens is 2. The summed E-state index contributed by atoms with van der Waals surface area (Å²) < 4.78 is 7.91. The van der Waals surface area contributed by atoms with Crippen molar-refractivity contribution in [2.24, 2.45) is 12.8 Å². The van der Waals surface area contributed by atoms with Gasteiger partial charge in [-0.3, -0.25) is 4.68 Å². The molecule has 0 bridgehead atoms. The van der Waals surface area contributed by atoms with Crippen molar-refractivity contribution in [2.45, 2.75) is 52.2 Å². The van der Waals surface area contributed by atoms with E-state index in [9.17, 15) is 0 Å². The van der Waals surface area contributed by atoms with Crippen LogP contribution in [0.25, 0.3) is 0 Å². The molecule has 2 N–H and O–H groups in total. The van der Waals surface area contributed by atoms with Gasteiger partial charge in [0.2, 0.25) is 0 Å². The first kappa shape index (κ1) is 14.2. The molecule has 0 aromatic carbocycles. The van der Waals surface area contributed by atoms with E-state index in [4.69, 9.17) is 10.5 Å². The van der Waals surface area contributed by atoms with E-state index in [0.29, 0.717) is 13.2 Å². The van der Waals surface area contributed by atoms with E-state index >= 15 is 0 Å². The molecule has 0 radical (unpaired) electrons. The van der Waals surface area contributed by atoms with Gasteiger partial charge in [0.1, 0.15) is 0 Å². The van der Waals surface area contributed by atoms with Crippen molar-refractivity contribution in [3.8, 4) is 0 Å². The highest BCUT2D eigenvalue weighted by Gasteiger charge is 2.25. The highest BCUT2D eigenvalue weighted by Crippen LogP contribution is 2.21. The molecule has 0 aliphatic heterocycles. The van der Waals surface area contributed by atoms with Gasteiger partial charge in [-0.05, 0) is 25.3 Å². The maximum absolute atomic E-state index is 6.02. The summed E-state index contributed by atoms with van der Waals surface area (Å²) in [5, 5.41) is 4.41. The van der Waals surface area contributed by atoms with Crippen molar-refractivity contribution >= 4 is 0 Å². The van der Waals surface area contributed by atoms with Gasteiger partial charge in [0, 0.05) is 13.6 Å². The predicted octanol–water partition coefficient (Wildman–Crippen LogP) is 2.02. The van der Waals surface area contributed by atoms with Crippen LogP contribution in [0.3, 0.4) is 0 Å². The lowest BCUT2D eigenvalue weighted by molar-refractivity contribution is -0.0575. The summed E-state index contributed by atoms with van der Waals surface area (Å²) in [7, 11) is 1.96. The van der Waals surface area contributed by atoms with Gasteiger partial charge >= 0.3 is 0 Å². The average Bonchev–Trinajstić information content (AvgIpc) is 2.73. The Morgan fingerprint density at radius 3 is 2.41 bits per heavy atom. The number of aryl methyl sites for hydroxylation is 2. The Balaban J connectivity index is 2.68. The predicted molar refractivity (Wildman–Crippen MR) is 69.7 cm³/mol.